The van der Waals surface area contributed by atoms with Gasteiger partial charge in [-0.1, -0.05) is 73.9 Å². The van der Waals surface area contributed by atoms with Gasteiger partial charge >= 0.3 is 0 Å². The van der Waals surface area contributed by atoms with E-state index in [4.69, 9.17) is 17.4 Å². The van der Waals surface area contributed by atoms with Crippen LogP contribution in [0.5, 0.6) is 5.75 Å². The monoisotopic (exact) mass is 442 g/mol. The number of hydrogen-bond acceptors (Lipinski definition) is 2. The van der Waals surface area contributed by atoms with Crippen LogP contribution in [-0.2, 0) is 0 Å². The van der Waals surface area contributed by atoms with Crippen LogP contribution in [0.1, 0.15) is 74.3 Å². The van der Waals surface area contributed by atoms with E-state index < -0.39 is 0 Å². The fourth-order valence-electron chi connectivity index (χ4n) is 3.01. The minimum atomic E-state index is 0.0369. The van der Waals surface area contributed by atoms with Crippen LogP contribution in [0, 0.1) is 6.92 Å². The van der Waals surface area contributed by atoms with Gasteiger partial charge in [0.15, 0.2) is 0 Å². The SMILES string of the molecule is C=C(C)C(=C(C)C)C(S)/C(C(=C)C)=C(C)/C(C)=C\C.CCC.COc1cccc(C)c1. The van der Waals surface area contributed by atoms with E-state index in [0.29, 0.717) is 0 Å². The summed E-state index contributed by atoms with van der Waals surface area (Å²) in [7, 11) is 1.68. The Labute approximate surface area is 199 Å². The molecular weight excluding hydrogens is 396 g/mol. The lowest BCUT2D eigenvalue weighted by molar-refractivity contribution is 0.414. The molecule has 1 nitrogen and oxygen atoms in total. The number of ether oxygens (including phenoxy) is 1. The molecule has 0 spiro atoms. The quantitative estimate of drug-likeness (QED) is 0.341. The van der Waals surface area contributed by atoms with Crippen LogP contribution in [0.15, 0.2) is 82.5 Å². The zero-order valence-corrected chi connectivity index (χ0v) is 22.8. The Morgan fingerprint density at radius 1 is 1.00 bits per heavy atom. The molecule has 31 heavy (non-hydrogen) atoms. The number of thiol groups is 1. The van der Waals surface area contributed by atoms with Gasteiger partial charge in [0, 0.05) is 0 Å². The highest BCUT2D eigenvalue weighted by Crippen LogP contribution is 2.33. The van der Waals surface area contributed by atoms with Crippen LogP contribution in [0.25, 0.3) is 0 Å². The average molecular weight is 443 g/mol. The van der Waals surface area contributed by atoms with E-state index in [9.17, 15) is 0 Å². The number of rotatable bonds is 6. The largest absolute Gasteiger partial charge is 0.497 e. The molecule has 0 amide bonds. The summed E-state index contributed by atoms with van der Waals surface area (Å²) >= 11 is 4.85. The van der Waals surface area contributed by atoms with Gasteiger partial charge in [0.1, 0.15) is 5.75 Å². The van der Waals surface area contributed by atoms with Crippen molar-refractivity contribution in [3.63, 3.8) is 0 Å². The first kappa shape index (κ1) is 31.3. The van der Waals surface area contributed by atoms with Gasteiger partial charge in [-0.3, -0.25) is 0 Å². The summed E-state index contributed by atoms with van der Waals surface area (Å²) in [6, 6.07) is 7.96. The highest BCUT2D eigenvalue weighted by molar-refractivity contribution is 7.81. The maximum Gasteiger partial charge on any atom is 0.119 e. The first-order chi connectivity index (χ1) is 14.4. The maximum absolute atomic E-state index is 5.00. The first-order valence-corrected chi connectivity index (χ1v) is 11.5. The highest BCUT2D eigenvalue weighted by Gasteiger charge is 2.20. The summed E-state index contributed by atoms with van der Waals surface area (Å²) in [5, 5.41) is 0.0369. The second-order valence-electron chi connectivity index (χ2n) is 8.11. The van der Waals surface area contributed by atoms with E-state index in [1.807, 2.05) is 45.0 Å². The Balaban J connectivity index is 0. The van der Waals surface area contributed by atoms with Gasteiger partial charge in [0.25, 0.3) is 0 Å². The molecule has 1 rings (SSSR count). The van der Waals surface area contributed by atoms with E-state index in [2.05, 4.69) is 67.7 Å². The van der Waals surface area contributed by atoms with Crippen molar-refractivity contribution in [1.29, 1.82) is 0 Å². The van der Waals surface area contributed by atoms with Gasteiger partial charge in [0.05, 0.1) is 12.4 Å². The van der Waals surface area contributed by atoms with Crippen molar-refractivity contribution in [2.45, 2.75) is 80.9 Å². The van der Waals surface area contributed by atoms with Crippen LogP contribution in [0.4, 0.5) is 0 Å². The Hall–Kier alpha value is -1.93. The van der Waals surface area contributed by atoms with E-state index in [0.717, 1.165) is 16.9 Å². The third-order valence-electron chi connectivity index (χ3n) is 4.66. The lowest BCUT2D eigenvalue weighted by Gasteiger charge is -2.24. The summed E-state index contributed by atoms with van der Waals surface area (Å²) < 4.78 is 5.00. The van der Waals surface area contributed by atoms with E-state index in [1.165, 1.54) is 39.8 Å². The van der Waals surface area contributed by atoms with Crippen LogP contribution >= 0.6 is 12.6 Å². The molecule has 0 heterocycles. The van der Waals surface area contributed by atoms with Gasteiger partial charge in [-0.25, -0.2) is 0 Å². The molecule has 174 valence electrons. The second-order valence-corrected chi connectivity index (χ2v) is 8.63. The van der Waals surface area contributed by atoms with Crippen molar-refractivity contribution in [1.82, 2.24) is 0 Å². The molecule has 1 aromatic rings. The average Bonchev–Trinajstić information content (AvgIpc) is 2.67. The Morgan fingerprint density at radius 3 is 1.77 bits per heavy atom. The molecule has 1 aromatic carbocycles. The lowest BCUT2D eigenvalue weighted by atomic mass is 9.88. The third kappa shape index (κ3) is 11.9. The van der Waals surface area contributed by atoms with Crippen molar-refractivity contribution >= 4 is 12.6 Å². The van der Waals surface area contributed by atoms with Crippen molar-refractivity contribution < 1.29 is 4.74 Å². The fourth-order valence-corrected chi connectivity index (χ4v) is 3.90. The molecule has 0 saturated heterocycles. The summed E-state index contributed by atoms with van der Waals surface area (Å²) in [5.41, 5.74) is 9.58. The third-order valence-corrected chi connectivity index (χ3v) is 5.18. The van der Waals surface area contributed by atoms with E-state index in [-0.39, 0.29) is 5.25 Å². The van der Waals surface area contributed by atoms with E-state index in [1.54, 1.807) is 7.11 Å². The van der Waals surface area contributed by atoms with Crippen LogP contribution in [-0.4, -0.2) is 12.4 Å². The molecule has 0 aliphatic carbocycles. The molecule has 0 radical (unpaired) electrons. The molecule has 0 N–H and O–H groups in total. The van der Waals surface area contributed by atoms with Crippen LogP contribution in [0.3, 0.4) is 0 Å². The van der Waals surface area contributed by atoms with Crippen molar-refractivity contribution in [2.24, 2.45) is 0 Å². The first-order valence-electron chi connectivity index (χ1n) is 11.0. The highest BCUT2D eigenvalue weighted by atomic mass is 32.1. The number of hydrogen-bond donors (Lipinski definition) is 1. The number of allylic oxidation sites excluding steroid dienone is 6. The topological polar surface area (TPSA) is 9.23 Å². The molecule has 0 saturated carbocycles. The zero-order chi connectivity index (χ0) is 24.7. The minimum Gasteiger partial charge on any atom is -0.497 e. The lowest BCUT2D eigenvalue weighted by Crippen LogP contribution is -2.13. The van der Waals surface area contributed by atoms with Gasteiger partial charge in [-0.05, 0) is 89.8 Å². The van der Waals surface area contributed by atoms with Gasteiger partial charge in [-0.2, -0.15) is 12.6 Å². The van der Waals surface area contributed by atoms with Gasteiger partial charge in [-0.15, -0.1) is 0 Å². The molecule has 0 bridgehead atoms. The summed E-state index contributed by atoms with van der Waals surface area (Å²) in [6.45, 7) is 29.2. The number of methoxy groups -OCH3 is 1. The minimum absolute atomic E-state index is 0.0369. The van der Waals surface area contributed by atoms with E-state index >= 15 is 0 Å². The molecule has 0 fully saturated rings. The van der Waals surface area contributed by atoms with Gasteiger partial charge < -0.3 is 4.74 Å². The van der Waals surface area contributed by atoms with Crippen LogP contribution in [0.2, 0.25) is 0 Å². The molecular formula is C29H46OS. The zero-order valence-electron chi connectivity index (χ0n) is 21.9. The Bertz CT molecular complexity index is 802. The number of benzene rings is 1. The van der Waals surface area contributed by atoms with Crippen molar-refractivity contribution in [2.75, 3.05) is 7.11 Å². The molecule has 1 atom stereocenters. The fraction of sp³-hybridized carbons (Fsp3) is 0.448. The summed E-state index contributed by atoms with van der Waals surface area (Å²) in [5.74, 6) is 0.926. The molecule has 0 aliphatic heterocycles. The molecule has 0 aliphatic rings. The predicted molar refractivity (Wildman–Crippen MR) is 147 cm³/mol. The second kappa shape index (κ2) is 16.7. The number of aryl methyl sites for hydroxylation is 1. The van der Waals surface area contributed by atoms with Crippen LogP contribution < -0.4 is 4.74 Å². The van der Waals surface area contributed by atoms with Crippen molar-refractivity contribution in [3.05, 3.63) is 88.1 Å². The van der Waals surface area contributed by atoms with Crippen molar-refractivity contribution in [3.8, 4) is 5.75 Å². The Kier molecular flexibility index (Phi) is 16.9. The standard InChI is InChI=1S/C18H28S.C8H10O.C3H8/c1-10-14(8)15(9)17(13(6)7)18(19)16(11(2)3)12(4)5;1-7-4-3-5-8(6-7)9-2;1-3-2/h10,18-19H,2,6H2,1,3-5,7-9H3;3-6H,1-2H3;3H2,1-2H3/b14-10-,17-15+;;. The summed E-state index contributed by atoms with van der Waals surface area (Å²) in [4.78, 5) is 0. The smallest absolute Gasteiger partial charge is 0.119 e. The summed E-state index contributed by atoms with van der Waals surface area (Å²) in [6.07, 6.45) is 3.38. The molecule has 0 aromatic heterocycles. The van der Waals surface area contributed by atoms with Gasteiger partial charge in [0.2, 0.25) is 0 Å². The molecule has 1 unspecified atom stereocenters. The Morgan fingerprint density at radius 2 is 1.48 bits per heavy atom. The predicted octanol–water partition coefficient (Wildman–Crippen LogP) is 9.48. The molecule has 2 heteroatoms. The maximum atomic E-state index is 5.00. The normalized spacial score (nSPS) is 12.2.